The predicted molar refractivity (Wildman–Crippen MR) is 121 cm³/mol. The first-order valence-electron chi connectivity index (χ1n) is 10.6. The van der Waals surface area contributed by atoms with Crippen molar-refractivity contribution in [1.82, 2.24) is 10.3 Å². The molecule has 0 saturated carbocycles. The summed E-state index contributed by atoms with van der Waals surface area (Å²) in [6.07, 6.45) is 2.82. The first kappa shape index (κ1) is 21.6. The number of dihydropyridines is 1. The van der Waals surface area contributed by atoms with Crippen molar-refractivity contribution in [2.45, 2.75) is 32.6 Å². The maximum Gasteiger partial charge on any atom is 0.255 e. The van der Waals surface area contributed by atoms with Gasteiger partial charge in [-0.25, -0.2) is 4.98 Å². The Kier molecular flexibility index (Phi) is 5.99. The Bertz CT molecular complexity index is 1120. The zero-order valence-electron chi connectivity index (χ0n) is 18.7. The average Bonchev–Trinajstić information content (AvgIpc) is 2.78. The Balaban J connectivity index is 1.86. The number of carbonyl (C=O) groups is 2. The molecule has 1 aliphatic heterocycles. The normalized spacial score (nSPS) is 20.4. The molecule has 0 fully saturated rings. The summed E-state index contributed by atoms with van der Waals surface area (Å²) in [5.74, 6) is 1.06. The summed E-state index contributed by atoms with van der Waals surface area (Å²) < 4.78 is 11.0. The van der Waals surface area contributed by atoms with E-state index in [0.717, 1.165) is 17.7 Å². The highest BCUT2D eigenvalue weighted by atomic mass is 16.5. The van der Waals surface area contributed by atoms with Crippen LogP contribution in [0.3, 0.4) is 0 Å². The lowest BCUT2D eigenvalue weighted by Gasteiger charge is -2.36. The highest BCUT2D eigenvalue weighted by Gasteiger charge is 2.41. The second kappa shape index (κ2) is 8.86. The van der Waals surface area contributed by atoms with E-state index in [-0.39, 0.29) is 17.6 Å². The van der Waals surface area contributed by atoms with Gasteiger partial charge in [-0.05, 0) is 37.5 Å². The largest absolute Gasteiger partial charge is 0.497 e. The van der Waals surface area contributed by atoms with E-state index in [0.29, 0.717) is 40.6 Å². The molecule has 1 aromatic carbocycles. The van der Waals surface area contributed by atoms with Crippen molar-refractivity contribution in [2.75, 3.05) is 19.5 Å². The van der Waals surface area contributed by atoms with Crippen molar-refractivity contribution in [3.05, 3.63) is 70.7 Å². The Labute approximate surface area is 187 Å². The molecule has 2 aromatic rings. The molecule has 2 atom stereocenters. The highest BCUT2D eigenvalue weighted by molar-refractivity contribution is 6.09. The van der Waals surface area contributed by atoms with E-state index < -0.39 is 5.92 Å². The van der Waals surface area contributed by atoms with E-state index >= 15 is 0 Å². The first-order valence-corrected chi connectivity index (χ1v) is 10.6. The molecule has 1 aromatic heterocycles. The number of anilines is 1. The number of pyridine rings is 1. The number of hydrogen-bond donors (Lipinski definition) is 2. The van der Waals surface area contributed by atoms with Gasteiger partial charge in [0.1, 0.15) is 17.3 Å². The molecule has 4 rings (SSSR count). The van der Waals surface area contributed by atoms with Crippen LogP contribution < -0.4 is 20.1 Å². The predicted octanol–water partition coefficient (Wildman–Crippen LogP) is 3.95. The van der Waals surface area contributed by atoms with Crippen LogP contribution in [0.15, 0.2) is 65.1 Å². The number of hydrogen-bond acceptors (Lipinski definition) is 6. The fourth-order valence-electron chi connectivity index (χ4n) is 4.52. The molecule has 7 nitrogen and oxygen atoms in total. The van der Waals surface area contributed by atoms with Gasteiger partial charge in [0.15, 0.2) is 5.78 Å². The van der Waals surface area contributed by atoms with Crippen molar-refractivity contribution in [2.24, 2.45) is 5.92 Å². The third-order valence-corrected chi connectivity index (χ3v) is 5.93. The molecule has 32 heavy (non-hydrogen) atoms. The van der Waals surface area contributed by atoms with Crippen molar-refractivity contribution < 1.29 is 19.1 Å². The zero-order chi connectivity index (χ0) is 22.8. The quantitative estimate of drug-likeness (QED) is 0.742. The van der Waals surface area contributed by atoms with Crippen LogP contribution in [0.1, 0.15) is 38.2 Å². The monoisotopic (exact) mass is 433 g/mol. The van der Waals surface area contributed by atoms with E-state index in [1.54, 1.807) is 44.7 Å². The van der Waals surface area contributed by atoms with E-state index in [4.69, 9.17) is 9.47 Å². The lowest BCUT2D eigenvalue weighted by atomic mass is 9.73. The molecule has 0 radical (unpaired) electrons. The Morgan fingerprint density at radius 1 is 1.16 bits per heavy atom. The fraction of sp³-hybridized carbons (Fsp3) is 0.320. The molecular weight excluding hydrogens is 406 g/mol. The van der Waals surface area contributed by atoms with E-state index in [9.17, 15) is 9.59 Å². The standard InChI is InChI=1S/C25H27N3O4/c1-14-11-18-24(19(29)12-14)23(17-9-8-16(31-3)13-20(17)32-4)22(15(2)27-18)25(30)28-21-7-5-6-10-26-21/h5-10,13-14,23,27H,11-12H2,1-4H3,(H,26,28,30)/t14-,23+/m1/s1. The van der Waals surface area contributed by atoms with Crippen molar-refractivity contribution in [3.63, 3.8) is 0 Å². The zero-order valence-corrected chi connectivity index (χ0v) is 18.7. The van der Waals surface area contributed by atoms with Crippen molar-refractivity contribution in [3.8, 4) is 11.5 Å². The molecule has 0 bridgehead atoms. The summed E-state index contributed by atoms with van der Waals surface area (Å²) in [7, 11) is 3.16. The number of benzene rings is 1. The van der Waals surface area contributed by atoms with Gasteiger partial charge in [-0.1, -0.05) is 19.1 Å². The van der Waals surface area contributed by atoms with Crippen LogP contribution in [0.5, 0.6) is 11.5 Å². The van der Waals surface area contributed by atoms with Crippen LogP contribution >= 0.6 is 0 Å². The van der Waals surface area contributed by atoms with Crippen LogP contribution in [0, 0.1) is 5.92 Å². The molecule has 2 aliphatic rings. The summed E-state index contributed by atoms with van der Waals surface area (Å²) in [5.41, 5.74) is 3.44. The van der Waals surface area contributed by atoms with Gasteiger partial charge in [-0.15, -0.1) is 0 Å². The minimum Gasteiger partial charge on any atom is -0.497 e. The van der Waals surface area contributed by atoms with Crippen LogP contribution in [-0.4, -0.2) is 30.9 Å². The Morgan fingerprint density at radius 3 is 2.66 bits per heavy atom. The third-order valence-electron chi connectivity index (χ3n) is 5.93. The van der Waals surface area contributed by atoms with Gasteiger partial charge in [0.05, 0.1) is 20.1 Å². The third kappa shape index (κ3) is 3.98. The minimum atomic E-state index is -0.559. The summed E-state index contributed by atoms with van der Waals surface area (Å²) in [6.45, 7) is 3.93. The number of nitrogens with zero attached hydrogens (tertiary/aromatic N) is 1. The number of carbonyl (C=O) groups excluding carboxylic acids is 2. The summed E-state index contributed by atoms with van der Waals surface area (Å²) in [5, 5.41) is 6.22. The number of nitrogens with one attached hydrogen (secondary N) is 2. The summed E-state index contributed by atoms with van der Waals surface area (Å²) >= 11 is 0. The molecule has 2 heterocycles. The van der Waals surface area contributed by atoms with Crippen molar-refractivity contribution in [1.29, 1.82) is 0 Å². The molecular formula is C25H27N3O4. The van der Waals surface area contributed by atoms with Gasteiger partial charge in [-0.3, -0.25) is 9.59 Å². The summed E-state index contributed by atoms with van der Waals surface area (Å²) in [4.78, 5) is 30.9. The van der Waals surface area contributed by atoms with Gasteiger partial charge in [0, 0.05) is 46.8 Å². The second-order valence-electron chi connectivity index (χ2n) is 8.20. The Hall–Kier alpha value is -3.61. The SMILES string of the molecule is COc1ccc([C@H]2C(C(=O)Nc3ccccn3)=C(C)NC3=C2C(=O)C[C@H](C)C3)c(OC)c1. The number of allylic oxidation sites excluding steroid dienone is 3. The maximum absolute atomic E-state index is 13.5. The van der Waals surface area contributed by atoms with E-state index in [1.165, 1.54) is 0 Å². The number of ketones is 1. The molecule has 0 saturated heterocycles. The lowest BCUT2D eigenvalue weighted by Crippen LogP contribution is -2.37. The molecule has 0 spiro atoms. The number of Topliss-reactive ketones (excluding diaryl/α,β-unsaturated/α-hetero) is 1. The van der Waals surface area contributed by atoms with Gasteiger partial charge in [0.25, 0.3) is 5.91 Å². The maximum atomic E-state index is 13.5. The lowest BCUT2D eigenvalue weighted by molar-refractivity contribution is -0.117. The number of amides is 1. The van der Waals surface area contributed by atoms with Crippen molar-refractivity contribution >= 4 is 17.5 Å². The first-order chi connectivity index (χ1) is 15.4. The molecule has 166 valence electrons. The van der Waals surface area contributed by atoms with Crippen LogP contribution in [0.2, 0.25) is 0 Å². The van der Waals surface area contributed by atoms with Crippen LogP contribution in [0.25, 0.3) is 0 Å². The molecule has 0 unspecified atom stereocenters. The number of rotatable bonds is 5. The molecule has 2 N–H and O–H groups in total. The second-order valence-corrected chi connectivity index (χ2v) is 8.20. The molecule has 7 heteroatoms. The van der Waals surface area contributed by atoms with Crippen LogP contribution in [0.4, 0.5) is 5.82 Å². The van der Waals surface area contributed by atoms with Crippen LogP contribution in [-0.2, 0) is 9.59 Å². The van der Waals surface area contributed by atoms with Gasteiger partial charge in [-0.2, -0.15) is 0 Å². The Morgan fingerprint density at radius 2 is 1.97 bits per heavy atom. The van der Waals surface area contributed by atoms with Gasteiger partial charge < -0.3 is 20.1 Å². The number of aromatic nitrogens is 1. The van der Waals surface area contributed by atoms with Gasteiger partial charge in [0.2, 0.25) is 0 Å². The molecule has 1 amide bonds. The topological polar surface area (TPSA) is 89.5 Å². The van der Waals surface area contributed by atoms with E-state index in [1.807, 2.05) is 19.1 Å². The number of methoxy groups -OCH3 is 2. The smallest absolute Gasteiger partial charge is 0.255 e. The fourth-order valence-corrected chi connectivity index (χ4v) is 4.52. The van der Waals surface area contributed by atoms with Gasteiger partial charge >= 0.3 is 0 Å². The van der Waals surface area contributed by atoms with E-state index in [2.05, 4.69) is 22.5 Å². The highest BCUT2D eigenvalue weighted by Crippen LogP contribution is 2.46. The molecule has 1 aliphatic carbocycles. The average molecular weight is 434 g/mol. The number of ether oxygens (including phenoxy) is 2. The summed E-state index contributed by atoms with van der Waals surface area (Å²) in [6, 6.07) is 10.8. The minimum absolute atomic E-state index is 0.0461.